The van der Waals surface area contributed by atoms with E-state index >= 15 is 0 Å². The van der Waals surface area contributed by atoms with Crippen LogP contribution < -0.4 is 10.2 Å². The smallest absolute Gasteiger partial charge is 0.481 e. The Morgan fingerprint density at radius 1 is 1.38 bits per heavy atom. The molecule has 1 heterocycles. The van der Waals surface area contributed by atoms with Gasteiger partial charge in [0.1, 0.15) is 0 Å². The van der Waals surface area contributed by atoms with Gasteiger partial charge in [0.05, 0.1) is 7.11 Å². The maximum Gasteiger partial charge on any atom is 0.488 e. The lowest BCUT2D eigenvalue weighted by Crippen LogP contribution is -2.29. The highest BCUT2D eigenvalue weighted by molar-refractivity contribution is 6.58. The van der Waals surface area contributed by atoms with E-state index < -0.39 is 7.12 Å². The molecule has 0 aliphatic rings. The molecule has 1 aromatic heterocycles. The topological polar surface area (TPSA) is 62.6 Å². The van der Waals surface area contributed by atoms with Crippen molar-refractivity contribution in [2.24, 2.45) is 0 Å². The van der Waals surface area contributed by atoms with Crippen LogP contribution in [0.2, 0.25) is 0 Å². The summed E-state index contributed by atoms with van der Waals surface area (Å²) in [6, 6.07) is 2.97. The van der Waals surface area contributed by atoms with E-state index in [0.29, 0.717) is 11.3 Å². The van der Waals surface area contributed by atoms with Gasteiger partial charge in [-0.25, -0.2) is 4.98 Å². The van der Waals surface area contributed by atoms with Gasteiger partial charge in [0, 0.05) is 12.3 Å². The fourth-order valence-corrected chi connectivity index (χ4v) is 0.697. The molecule has 0 saturated carbocycles. The molecular weight excluding hydrogens is 169 g/mol. The SMILES string of the molecule is CC.COc1cc(B(O)O)ccn1. The van der Waals surface area contributed by atoms with Crippen molar-refractivity contribution in [3.8, 4) is 5.88 Å². The molecule has 0 spiro atoms. The van der Waals surface area contributed by atoms with Gasteiger partial charge in [-0.3, -0.25) is 0 Å². The van der Waals surface area contributed by atoms with Gasteiger partial charge in [0.2, 0.25) is 5.88 Å². The van der Waals surface area contributed by atoms with Crippen LogP contribution in [0.5, 0.6) is 5.88 Å². The molecule has 0 saturated heterocycles. The molecule has 0 bridgehead atoms. The van der Waals surface area contributed by atoms with E-state index in [1.54, 1.807) is 0 Å². The van der Waals surface area contributed by atoms with Gasteiger partial charge < -0.3 is 14.8 Å². The van der Waals surface area contributed by atoms with Crippen LogP contribution in [-0.4, -0.2) is 29.3 Å². The zero-order chi connectivity index (χ0) is 10.3. The van der Waals surface area contributed by atoms with E-state index in [4.69, 9.17) is 14.8 Å². The monoisotopic (exact) mass is 183 g/mol. The minimum atomic E-state index is -1.47. The van der Waals surface area contributed by atoms with E-state index in [1.807, 2.05) is 13.8 Å². The van der Waals surface area contributed by atoms with E-state index in [-0.39, 0.29) is 0 Å². The summed E-state index contributed by atoms with van der Waals surface area (Å²) in [7, 11) is 0.00229. The molecule has 0 aliphatic carbocycles. The average Bonchev–Trinajstić information content (AvgIpc) is 2.21. The minimum Gasteiger partial charge on any atom is -0.481 e. The van der Waals surface area contributed by atoms with E-state index in [1.165, 1.54) is 25.4 Å². The van der Waals surface area contributed by atoms with Crippen molar-refractivity contribution < 1.29 is 14.8 Å². The number of hydrogen-bond acceptors (Lipinski definition) is 4. The highest BCUT2D eigenvalue weighted by Gasteiger charge is 2.10. The summed E-state index contributed by atoms with van der Waals surface area (Å²) >= 11 is 0. The van der Waals surface area contributed by atoms with Crippen LogP contribution in [-0.2, 0) is 0 Å². The van der Waals surface area contributed by atoms with Crippen molar-refractivity contribution in [1.29, 1.82) is 0 Å². The maximum absolute atomic E-state index is 8.72. The molecular formula is C8H14BNO3. The summed E-state index contributed by atoms with van der Waals surface area (Å²) in [4.78, 5) is 3.80. The van der Waals surface area contributed by atoms with Gasteiger partial charge >= 0.3 is 7.12 Å². The van der Waals surface area contributed by atoms with Crippen LogP contribution in [0.15, 0.2) is 18.3 Å². The highest BCUT2D eigenvalue weighted by atomic mass is 16.5. The Balaban J connectivity index is 0.000000671. The molecule has 2 N–H and O–H groups in total. The fraction of sp³-hybridized carbons (Fsp3) is 0.375. The number of aromatic nitrogens is 1. The number of nitrogens with zero attached hydrogens (tertiary/aromatic N) is 1. The summed E-state index contributed by atoms with van der Waals surface area (Å²) in [5, 5.41) is 17.4. The number of methoxy groups -OCH3 is 1. The van der Waals surface area contributed by atoms with Crippen molar-refractivity contribution in [2.75, 3.05) is 7.11 Å². The van der Waals surface area contributed by atoms with Crippen molar-refractivity contribution in [3.05, 3.63) is 18.3 Å². The molecule has 0 radical (unpaired) electrons. The molecule has 1 aromatic rings. The Morgan fingerprint density at radius 3 is 2.46 bits per heavy atom. The molecule has 0 fully saturated rings. The van der Waals surface area contributed by atoms with Crippen LogP contribution in [0.25, 0.3) is 0 Å². The van der Waals surface area contributed by atoms with Gasteiger partial charge in [-0.2, -0.15) is 0 Å². The lowest BCUT2D eigenvalue weighted by atomic mass is 9.81. The number of hydrogen-bond donors (Lipinski definition) is 2. The minimum absolute atomic E-state index is 0.371. The molecule has 0 unspecified atom stereocenters. The summed E-state index contributed by atoms with van der Waals surface area (Å²) in [6.07, 6.45) is 1.45. The number of pyridine rings is 1. The second-order valence-electron chi connectivity index (χ2n) is 2.01. The second kappa shape index (κ2) is 6.45. The Bertz CT molecular complexity index is 243. The number of rotatable bonds is 2. The molecule has 5 heteroatoms. The Morgan fingerprint density at radius 2 is 2.00 bits per heavy atom. The van der Waals surface area contributed by atoms with Gasteiger partial charge in [0.15, 0.2) is 0 Å². The summed E-state index contributed by atoms with van der Waals surface area (Å²) in [6.45, 7) is 4.00. The lowest BCUT2D eigenvalue weighted by Gasteiger charge is -2.00. The largest absolute Gasteiger partial charge is 0.488 e. The van der Waals surface area contributed by atoms with Crippen LogP contribution in [0.3, 0.4) is 0 Å². The highest BCUT2D eigenvalue weighted by Crippen LogP contribution is 1.99. The predicted octanol–water partition coefficient (Wildman–Crippen LogP) is -0.204. The van der Waals surface area contributed by atoms with Crippen molar-refractivity contribution in [3.63, 3.8) is 0 Å². The first-order valence-electron chi connectivity index (χ1n) is 4.10. The molecule has 0 aromatic carbocycles. The third-order valence-corrected chi connectivity index (χ3v) is 1.27. The van der Waals surface area contributed by atoms with Gasteiger partial charge in [-0.05, 0) is 11.5 Å². The molecule has 0 atom stereocenters. The summed E-state index contributed by atoms with van der Waals surface area (Å²) < 4.78 is 4.77. The first-order valence-corrected chi connectivity index (χ1v) is 4.10. The molecule has 0 amide bonds. The molecule has 13 heavy (non-hydrogen) atoms. The van der Waals surface area contributed by atoms with Gasteiger partial charge in [-0.15, -0.1) is 0 Å². The summed E-state index contributed by atoms with van der Waals surface area (Å²) in [5.74, 6) is 0.371. The lowest BCUT2D eigenvalue weighted by molar-refractivity contribution is 0.396. The van der Waals surface area contributed by atoms with Gasteiger partial charge in [-0.1, -0.05) is 13.8 Å². The maximum atomic E-state index is 8.72. The Labute approximate surface area is 78.3 Å². The molecule has 1 rings (SSSR count). The van der Waals surface area contributed by atoms with Crippen LogP contribution in [0, 0.1) is 0 Å². The van der Waals surface area contributed by atoms with Crippen molar-refractivity contribution in [2.45, 2.75) is 13.8 Å². The van der Waals surface area contributed by atoms with Gasteiger partial charge in [0.25, 0.3) is 0 Å². The Kier molecular flexibility index (Phi) is 5.92. The average molecular weight is 183 g/mol. The molecule has 4 nitrogen and oxygen atoms in total. The summed E-state index contributed by atoms with van der Waals surface area (Å²) in [5.41, 5.74) is 0.372. The van der Waals surface area contributed by atoms with E-state index in [9.17, 15) is 0 Å². The third-order valence-electron chi connectivity index (χ3n) is 1.27. The van der Waals surface area contributed by atoms with E-state index in [2.05, 4.69) is 4.98 Å². The number of ether oxygens (including phenoxy) is 1. The zero-order valence-corrected chi connectivity index (χ0v) is 8.06. The fourth-order valence-electron chi connectivity index (χ4n) is 0.697. The van der Waals surface area contributed by atoms with Crippen LogP contribution >= 0.6 is 0 Å². The normalized spacial score (nSPS) is 8.38. The van der Waals surface area contributed by atoms with Crippen molar-refractivity contribution >= 4 is 12.6 Å². The van der Waals surface area contributed by atoms with E-state index in [0.717, 1.165) is 0 Å². The zero-order valence-electron chi connectivity index (χ0n) is 8.06. The van der Waals surface area contributed by atoms with Crippen LogP contribution in [0.1, 0.15) is 13.8 Å². The first kappa shape index (κ1) is 11.9. The molecule has 72 valence electrons. The standard InChI is InChI=1S/C6H8BNO3.C2H6/c1-11-6-4-5(7(9)10)2-3-8-6;1-2/h2-4,9-10H,1H3;1-2H3. The predicted molar refractivity (Wildman–Crippen MR) is 52.0 cm³/mol. The Hall–Kier alpha value is -1.07. The van der Waals surface area contributed by atoms with Crippen molar-refractivity contribution in [1.82, 2.24) is 4.98 Å². The quantitative estimate of drug-likeness (QED) is 0.623. The second-order valence-corrected chi connectivity index (χ2v) is 2.01. The molecule has 0 aliphatic heterocycles. The first-order chi connectivity index (χ1) is 6.24. The third kappa shape index (κ3) is 3.91. The van der Waals surface area contributed by atoms with Crippen LogP contribution in [0.4, 0.5) is 0 Å².